The van der Waals surface area contributed by atoms with Gasteiger partial charge in [-0.05, 0) is 45.1 Å². The van der Waals surface area contributed by atoms with Gasteiger partial charge in [0.15, 0.2) is 0 Å². The van der Waals surface area contributed by atoms with Crippen LogP contribution in [0.3, 0.4) is 0 Å². The number of hydrogen-bond donors (Lipinski definition) is 0. The first kappa shape index (κ1) is 10.9. The summed E-state index contributed by atoms with van der Waals surface area (Å²) in [5, 5.41) is 0. The number of ether oxygens (including phenoxy) is 1. The van der Waals surface area contributed by atoms with Gasteiger partial charge in [-0.2, -0.15) is 0 Å². The van der Waals surface area contributed by atoms with Crippen molar-refractivity contribution >= 4 is 5.97 Å². The van der Waals surface area contributed by atoms with Crippen molar-refractivity contribution in [3.63, 3.8) is 0 Å². The van der Waals surface area contributed by atoms with E-state index in [1.807, 2.05) is 13.8 Å². The van der Waals surface area contributed by atoms with Crippen LogP contribution in [0.15, 0.2) is 0 Å². The van der Waals surface area contributed by atoms with Gasteiger partial charge in [0.05, 0.1) is 6.61 Å². The third-order valence-corrected chi connectivity index (χ3v) is 4.06. The molecule has 1 saturated carbocycles. The molecular formula is C12H21NO2. The van der Waals surface area contributed by atoms with Crippen molar-refractivity contribution < 1.29 is 9.53 Å². The molecule has 0 aromatic rings. The minimum absolute atomic E-state index is 0.0510. The second kappa shape index (κ2) is 4.12. The van der Waals surface area contributed by atoms with Crippen LogP contribution < -0.4 is 0 Å². The van der Waals surface area contributed by atoms with Crippen LogP contribution in [0.5, 0.6) is 0 Å². The van der Waals surface area contributed by atoms with Crippen molar-refractivity contribution in [2.75, 3.05) is 19.7 Å². The number of carbonyl (C=O) groups is 1. The fourth-order valence-electron chi connectivity index (χ4n) is 2.80. The molecule has 1 atom stereocenters. The van der Waals surface area contributed by atoms with Crippen molar-refractivity contribution in [1.29, 1.82) is 0 Å². The van der Waals surface area contributed by atoms with E-state index < -0.39 is 0 Å². The van der Waals surface area contributed by atoms with Gasteiger partial charge in [0.25, 0.3) is 0 Å². The highest BCUT2D eigenvalue weighted by molar-refractivity contribution is 5.75. The summed E-state index contributed by atoms with van der Waals surface area (Å²) in [5.74, 6) is -0.0612. The maximum Gasteiger partial charge on any atom is 0.323 e. The molecule has 1 spiro atoms. The lowest BCUT2D eigenvalue weighted by Crippen LogP contribution is -2.41. The third kappa shape index (κ3) is 2.03. The number of likely N-dealkylation sites (tertiary alicyclic amines) is 1. The Morgan fingerprint density at radius 1 is 1.47 bits per heavy atom. The molecule has 2 aliphatic rings. The normalized spacial score (nSPS) is 26.3. The van der Waals surface area contributed by atoms with Gasteiger partial charge in [-0.1, -0.05) is 6.42 Å². The van der Waals surface area contributed by atoms with E-state index in [0.29, 0.717) is 12.0 Å². The van der Waals surface area contributed by atoms with Gasteiger partial charge in [-0.3, -0.25) is 9.69 Å². The maximum absolute atomic E-state index is 11.6. The maximum atomic E-state index is 11.6. The van der Waals surface area contributed by atoms with Gasteiger partial charge in [0, 0.05) is 6.54 Å². The molecule has 1 aliphatic carbocycles. The zero-order chi connectivity index (χ0) is 10.9. The van der Waals surface area contributed by atoms with Gasteiger partial charge in [0.2, 0.25) is 0 Å². The number of hydrogen-bond acceptors (Lipinski definition) is 3. The fraction of sp³-hybridized carbons (Fsp3) is 0.917. The Kier molecular flexibility index (Phi) is 3.01. The van der Waals surface area contributed by atoms with Crippen molar-refractivity contribution in [3.05, 3.63) is 0 Å². The molecule has 0 bridgehead atoms. The average molecular weight is 211 g/mol. The van der Waals surface area contributed by atoms with Crippen molar-refractivity contribution in [1.82, 2.24) is 4.90 Å². The lowest BCUT2D eigenvalue weighted by atomic mass is 9.68. The first-order valence-electron chi connectivity index (χ1n) is 6.07. The molecule has 3 heteroatoms. The van der Waals surface area contributed by atoms with E-state index >= 15 is 0 Å². The number of rotatable bonds is 3. The molecule has 2 fully saturated rings. The molecule has 0 amide bonds. The van der Waals surface area contributed by atoms with Crippen LogP contribution in [0.4, 0.5) is 0 Å². The SMILES string of the molecule is CCOC(=O)C(C)N1CCC2(CCC2)C1. The van der Waals surface area contributed by atoms with Crippen LogP contribution in [-0.2, 0) is 9.53 Å². The molecule has 1 heterocycles. The predicted molar refractivity (Wildman–Crippen MR) is 58.6 cm³/mol. The number of esters is 1. The predicted octanol–water partition coefficient (Wildman–Crippen LogP) is 1.81. The van der Waals surface area contributed by atoms with Crippen molar-refractivity contribution in [2.45, 2.75) is 45.6 Å². The molecule has 1 saturated heterocycles. The van der Waals surface area contributed by atoms with Gasteiger partial charge >= 0.3 is 5.97 Å². The molecular weight excluding hydrogens is 190 g/mol. The molecule has 1 unspecified atom stereocenters. The summed E-state index contributed by atoms with van der Waals surface area (Å²) in [7, 11) is 0. The van der Waals surface area contributed by atoms with Crippen LogP contribution >= 0.6 is 0 Å². The molecule has 15 heavy (non-hydrogen) atoms. The summed E-state index contributed by atoms with van der Waals surface area (Å²) in [6, 6.07) is -0.0510. The quantitative estimate of drug-likeness (QED) is 0.667. The van der Waals surface area contributed by atoms with Gasteiger partial charge in [-0.25, -0.2) is 0 Å². The molecule has 2 rings (SSSR count). The second-order valence-corrected chi connectivity index (χ2v) is 5.00. The van der Waals surface area contributed by atoms with E-state index in [0.717, 1.165) is 13.1 Å². The Hall–Kier alpha value is -0.570. The Labute approximate surface area is 91.8 Å². The minimum atomic E-state index is -0.0612. The molecule has 86 valence electrons. The Morgan fingerprint density at radius 2 is 2.20 bits per heavy atom. The first-order valence-corrected chi connectivity index (χ1v) is 6.07. The van der Waals surface area contributed by atoms with Crippen LogP contribution in [0.2, 0.25) is 0 Å². The van der Waals surface area contributed by atoms with E-state index in [-0.39, 0.29) is 12.0 Å². The van der Waals surface area contributed by atoms with E-state index in [4.69, 9.17) is 4.74 Å². The largest absolute Gasteiger partial charge is 0.465 e. The molecule has 0 aromatic heterocycles. The Balaban J connectivity index is 1.87. The topological polar surface area (TPSA) is 29.5 Å². The third-order valence-electron chi connectivity index (χ3n) is 4.06. The smallest absolute Gasteiger partial charge is 0.323 e. The van der Waals surface area contributed by atoms with E-state index in [2.05, 4.69) is 4.90 Å². The fourth-order valence-corrected chi connectivity index (χ4v) is 2.80. The van der Waals surface area contributed by atoms with Crippen LogP contribution in [0.25, 0.3) is 0 Å². The zero-order valence-electron chi connectivity index (χ0n) is 9.79. The lowest BCUT2D eigenvalue weighted by Gasteiger charge is -2.38. The van der Waals surface area contributed by atoms with Crippen LogP contribution in [0.1, 0.15) is 39.5 Å². The summed E-state index contributed by atoms with van der Waals surface area (Å²) < 4.78 is 5.06. The first-order chi connectivity index (χ1) is 7.17. The summed E-state index contributed by atoms with van der Waals surface area (Å²) in [6.07, 6.45) is 5.37. The van der Waals surface area contributed by atoms with Gasteiger partial charge in [-0.15, -0.1) is 0 Å². The Morgan fingerprint density at radius 3 is 2.67 bits per heavy atom. The molecule has 3 nitrogen and oxygen atoms in total. The van der Waals surface area contributed by atoms with Gasteiger partial charge < -0.3 is 4.74 Å². The Bertz CT molecular complexity index is 248. The summed E-state index contributed by atoms with van der Waals surface area (Å²) in [4.78, 5) is 13.9. The van der Waals surface area contributed by atoms with Crippen molar-refractivity contribution in [2.24, 2.45) is 5.41 Å². The van der Waals surface area contributed by atoms with Crippen LogP contribution in [-0.4, -0.2) is 36.6 Å². The van der Waals surface area contributed by atoms with E-state index in [9.17, 15) is 4.79 Å². The standard InChI is InChI=1S/C12H21NO2/c1-3-15-11(14)10(2)13-8-7-12(9-13)5-4-6-12/h10H,3-9H2,1-2H3. The highest BCUT2D eigenvalue weighted by Crippen LogP contribution is 2.48. The molecule has 0 radical (unpaired) electrons. The molecule has 0 aromatic carbocycles. The number of carbonyl (C=O) groups excluding carboxylic acids is 1. The molecule has 0 N–H and O–H groups in total. The van der Waals surface area contributed by atoms with Crippen LogP contribution in [0, 0.1) is 5.41 Å². The summed E-state index contributed by atoms with van der Waals surface area (Å²) >= 11 is 0. The highest BCUT2D eigenvalue weighted by atomic mass is 16.5. The molecule has 1 aliphatic heterocycles. The lowest BCUT2D eigenvalue weighted by molar-refractivity contribution is -0.148. The minimum Gasteiger partial charge on any atom is -0.465 e. The zero-order valence-corrected chi connectivity index (χ0v) is 9.79. The average Bonchev–Trinajstić information content (AvgIpc) is 2.61. The van der Waals surface area contributed by atoms with E-state index in [1.165, 1.54) is 25.7 Å². The summed E-state index contributed by atoms with van der Waals surface area (Å²) in [6.45, 7) is 6.49. The van der Waals surface area contributed by atoms with Gasteiger partial charge in [0.1, 0.15) is 6.04 Å². The van der Waals surface area contributed by atoms with Crippen molar-refractivity contribution in [3.8, 4) is 0 Å². The number of nitrogens with zero attached hydrogens (tertiary/aromatic N) is 1. The second-order valence-electron chi connectivity index (χ2n) is 5.00. The monoisotopic (exact) mass is 211 g/mol. The van der Waals surface area contributed by atoms with E-state index in [1.54, 1.807) is 0 Å². The summed E-state index contributed by atoms with van der Waals surface area (Å²) in [5.41, 5.74) is 0.570. The highest BCUT2D eigenvalue weighted by Gasteiger charge is 2.44.